The third kappa shape index (κ3) is 3.40. The van der Waals surface area contributed by atoms with Gasteiger partial charge in [0.25, 0.3) is 0 Å². The molecule has 0 aliphatic rings. The maximum atomic E-state index is 6.01. The molecule has 2 rings (SSSR count). The first-order valence-electron chi connectivity index (χ1n) is 7.04. The second-order valence-corrected chi connectivity index (χ2v) is 5.35. The number of nitrogens with two attached hydrogens (primary N) is 1. The molecule has 2 aromatic carbocycles. The second kappa shape index (κ2) is 6.58. The second-order valence-electron chi connectivity index (χ2n) is 5.35. The molecule has 2 N–H and O–H groups in total. The molecule has 0 bridgehead atoms. The van der Waals surface area contributed by atoms with Crippen molar-refractivity contribution < 1.29 is 4.74 Å². The Morgan fingerprint density at radius 2 is 1.90 bits per heavy atom. The van der Waals surface area contributed by atoms with Crippen LogP contribution in [0, 0.1) is 13.8 Å². The molecule has 106 valence electrons. The lowest BCUT2D eigenvalue weighted by atomic mass is 9.88. The molecule has 0 heterocycles. The topological polar surface area (TPSA) is 35.2 Å². The van der Waals surface area contributed by atoms with E-state index in [4.69, 9.17) is 10.5 Å². The van der Waals surface area contributed by atoms with Gasteiger partial charge < -0.3 is 10.5 Å². The van der Waals surface area contributed by atoms with Crippen molar-refractivity contribution >= 4 is 0 Å². The zero-order valence-corrected chi connectivity index (χ0v) is 12.5. The van der Waals surface area contributed by atoms with E-state index in [9.17, 15) is 0 Å². The normalized spacial score (nSPS) is 12.2. The van der Waals surface area contributed by atoms with Crippen LogP contribution in [0.15, 0.2) is 42.5 Å². The Kier molecular flexibility index (Phi) is 4.80. The van der Waals surface area contributed by atoms with E-state index < -0.39 is 0 Å². The fraction of sp³-hybridized carbons (Fsp3) is 0.333. The first-order chi connectivity index (χ1) is 9.63. The van der Waals surface area contributed by atoms with Crippen molar-refractivity contribution in [2.45, 2.75) is 26.2 Å². The highest BCUT2D eigenvalue weighted by Gasteiger charge is 2.13. The summed E-state index contributed by atoms with van der Waals surface area (Å²) in [5.41, 5.74) is 11.2. The summed E-state index contributed by atoms with van der Waals surface area (Å²) >= 11 is 0. The molecular formula is C18H23NO. The molecule has 2 nitrogen and oxygen atoms in total. The fourth-order valence-electron chi connectivity index (χ4n) is 2.60. The Labute approximate surface area is 121 Å². The SMILES string of the molecule is COc1cccc(CC(CN)c2cc(C)ccc2C)c1. The van der Waals surface area contributed by atoms with Crippen molar-refractivity contribution in [1.82, 2.24) is 0 Å². The number of aryl methyl sites for hydroxylation is 2. The maximum Gasteiger partial charge on any atom is 0.119 e. The molecule has 2 heteroatoms. The van der Waals surface area contributed by atoms with Gasteiger partial charge in [0.15, 0.2) is 0 Å². The standard InChI is InChI=1S/C18H23NO/c1-13-7-8-14(2)18(9-13)16(12-19)10-15-5-4-6-17(11-15)20-3/h4-9,11,16H,10,12,19H2,1-3H3. The average Bonchev–Trinajstić information content (AvgIpc) is 2.47. The molecule has 0 spiro atoms. The molecule has 0 aromatic heterocycles. The van der Waals surface area contributed by atoms with E-state index in [-0.39, 0.29) is 0 Å². The van der Waals surface area contributed by atoms with E-state index in [2.05, 4.69) is 44.2 Å². The Morgan fingerprint density at radius 1 is 1.10 bits per heavy atom. The molecule has 0 amide bonds. The van der Waals surface area contributed by atoms with Crippen molar-refractivity contribution in [3.05, 3.63) is 64.7 Å². The lowest BCUT2D eigenvalue weighted by Crippen LogP contribution is -2.16. The summed E-state index contributed by atoms with van der Waals surface area (Å²) in [4.78, 5) is 0. The van der Waals surface area contributed by atoms with E-state index in [1.807, 2.05) is 12.1 Å². The van der Waals surface area contributed by atoms with Crippen molar-refractivity contribution in [3.63, 3.8) is 0 Å². The molecule has 1 unspecified atom stereocenters. The van der Waals surface area contributed by atoms with Crippen LogP contribution in [0.5, 0.6) is 5.75 Å². The average molecular weight is 269 g/mol. The lowest BCUT2D eigenvalue weighted by Gasteiger charge is -2.19. The van der Waals surface area contributed by atoms with Gasteiger partial charge in [0.1, 0.15) is 5.75 Å². The van der Waals surface area contributed by atoms with Gasteiger partial charge in [0, 0.05) is 5.92 Å². The van der Waals surface area contributed by atoms with Crippen LogP contribution in [0.4, 0.5) is 0 Å². The minimum atomic E-state index is 0.349. The van der Waals surface area contributed by atoms with Crippen LogP contribution in [-0.4, -0.2) is 13.7 Å². The van der Waals surface area contributed by atoms with Crippen LogP contribution in [0.25, 0.3) is 0 Å². The fourth-order valence-corrected chi connectivity index (χ4v) is 2.60. The molecule has 0 aliphatic carbocycles. The zero-order chi connectivity index (χ0) is 14.5. The Morgan fingerprint density at radius 3 is 2.60 bits per heavy atom. The van der Waals surface area contributed by atoms with Crippen LogP contribution in [-0.2, 0) is 6.42 Å². The zero-order valence-electron chi connectivity index (χ0n) is 12.5. The van der Waals surface area contributed by atoms with Crippen LogP contribution >= 0.6 is 0 Å². The number of benzene rings is 2. The minimum absolute atomic E-state index is 0.349. The van der Waals surface area contributed by atoms with Crippen LogP contribution < -0.4 is 10.5 Å². The van der Waals surface area contributed by atoms with E-state index in [1.54, 1.807) is 7.11 Å². The van der Waals surface area contributed by atoms with Gasteiger partial charge in [-0.2, -0.15) is 0 Å². The highest BCUT2D eigenvalue weighted by Crippen LogP contribution is 2.25. The highest BCUT2D eigenvalue weighted by atomic mass is 16.5. The first-order valence-corrected chi connectivity index (χ1v) is 7.04. The van der Waals surface area contributed by atoms with Crippen LogP contribution in [0.1, 0.15) is 28.2 Å². The van der Waals surface area contributed by atoms with Gasteiger partial charge in [-0.3, -0.25) is 0 Å². The molecule has 20 heavy (non-hydrogen) atoms. The smallest absolute Gasteiger partial charge is 0.119 e. The van der Waals surface area contributed by atoms with Gasteiger partial charge in [0.05, 0.1) is 7.11 Å². The van der Waals surface area contributed by atoms with E-state index in [1.165, 1.54) is 22.3 Å². The molecule has 0 saturated heterocycles. The van der Waals surface area contributed by atoms with Crippen molar-refractivity contribution in [3.8, 4) is 5.75 Å². The van der Waals surface area contributed by atoms with E-state index in [0.717, 1.165) is 12.2 Å². The first kappa shape index (κ1) is 14.6. The Hall–Kier alpha value is -1.80. The molecule has 0 radical (unpaired) electrons. The number of methoxy groups -OCH3 is 1. The minimum Gasteiger partial charge on any atom is -0.497 e. The van der Waals surface area contributed by atoms with Gasteiger partial charge in [-0.25, -0.2) is 0 Å². The predicted octanol–water partition coefficient (Wildman–Crippen LogP) is 3.60. The van der Waals surface area contributed by atoms with E-state index in [0.29, 0.717) is 12.5 Å². The summed E-state index contributed by atoms with van der Waals surface area (Å²) in [7, 11) is 1.70. The molecule has 1 atom stereocenters. The molecule has 0 aliphatic heterocycles. The van der Waals surface area contributed by atoms with Crippen LogP contribution in [0.2, 0.25) is 0 Å². The molecule has 0 saturated carbocycles. The van der Waals surface area contributed by atoms with Crippen LogP contribution in [0.3, 0.4) is 0 Å². The van der Waals surface area contributed by atoms with Gasteiger partial charge >= 0.3 is 0 Å². The van der Waals surface area contributed by atoms with Crippen molar-refractivity contribution in [2.24, 2.45) is 5.73 Å². The van der Waals surface area contributed by atoms with Crippen molar-refractivity contribution in [2.75, 3.05) is 13.7 Å². The molecule has 0 fully saturated rings. The number of hydrogen-bond acceptors (Lipinski definition) is 2. The number of hydrogen-bond donors (Lipinski definition) is 1. The van der Waals surface area contributed by atoms with Gasteiger partial charge in [0.2, 0.25) is 0 Å². The highest BCUT2D eigenvalue weighted by molar-refractivity contribution is 5.36. The summed E-state index contributed by atoms with van der Waals surface area (Å²) in [6, 6.07) is 14.8. The largest absolute Gasteiger partial charge is 0.497 e. The third-order valence-electron chi connectivity index (χ3n) is 3.78. The third-order valence-corrected chi connectivity index (χ3v) is 3.78. The van der Waals surface area contributed by atoms with Gasteiger partial charge in [-0.15, -0.1) is 0 Å². The quantitative estimate of drug-likeness (QED) is 0.900. The summed E-state index contributed by atoms with van der Waals surface area (Å²) in [5, 5.41) is 0. The lowest BCUT2D eigenvalue weighted by molar-refractivity contribution is 0.414. The monoisotopic (exact) mass is 269 g/mol. The predicted molar refractivity (Wildman–Crippen MR) is 84.4 cm³/mol. The van der Waals surface area contributed by atoms with Gasteiger partial charge in [-0.1, -0.05) is 35.9 Å². The molecular weight excluding hydrogens is 246 g/mol. The molecule has 2 aromatic rings. The summed E-state index contributed by atoms with van der Waals surface area (Å²) in [6.45, 7) is 4.94. The number of rotatable bonds is 5. The number of ether oxygens (including phenoxy) is 1. The van der Waals surface area contributed by atoms with Gasteiger partial charge in [-0.05, 0) is 55.6 Å². The summed E-state index contributed by atoms with van der Waals surface area (Å²) in [5.74, 6) is 1.25. The Bertz CT molecular complexity index is 577. The maximum absolute atomic E-state index is 6.01. The summed E-state index contributed by atoms with van der Waals surface area (Å²) < 4.78 is 5.29. The van der Waals surface area contributed by atoms with Crippen molar-refractivity contribution in [1.29, 1.82) is 0 Å². The Balaban J connectivity index is 2.26. The summed E-state index contributed by atoms with van der Waals surface area (Å²) in [6.07, 6.45) is 0.942. The van der Waals surface area contributed by atoms with E-state index >= 15 is 0 Å².